The predicted molar refractivity (Wildman–Crippen MR) is 105 cm³/mol. The molecule has 1 aromatic heterocycles. The number of rotatable bonds is 7. The molecular formula is C21H21N3O3. The minimum absolute atomic E-state index is 0.105. The number of nitrogens with zero attached hydrogens (tertiary/aromatic N) is 1. The summed E-state index contributed by atoms with van der Waals surface area (Å²) in [4.78, 5) is 27.7. The molecule has 0 aliphatic heterocycles. The van der Waals surface area contributed by atoms with E-state index in [1.54, 1.807) is 24.5 Å². The fraction of sp³-hybridized carbons (Fsp3) is 0.190. The van der Waals surface area contributed by atoms with Gasteiger partial charge in [-0.15, -0.1) is 0 Å². The quantitative estimate of drug-likeness (QED) is 0.498. The normalized spacial score (nSPS) is 10.6. The summed E-state index contributed by atoms with van der Waals surface area (Å²) in [6.07, 6.45) is 4.23. The van der Waals surface area contributed by atoms with E-state index in [2.05, 4.69) is 15.6 Å². The van der Waals surface area contributed by atoms with E-state index in [1.165, 1.54) is 7.11 Å². The largest absolute Gasteiger partial charge is 0.465 e. The molecular weight excluding hydrogens is 342 g/mol. The van der Waals surface area contributed by atoms with Crippen molar-refractivity contribution < 1.29 is 14.3 Å². The van der Waals surface area contributed by atoms with Crippen molar-refractivity contribution in [1.29, 1.82) is 0 Å². The summed E-state index contributed by atoms with van der Waals surface area (Å²) >= 11 is 0. The lowest BCUT2D eigenvalue weighted by atomic mass is 10.1. The number of ether oxygens (including phenoxy) is 1. The number of benzene rings is 2. The Morgan fingerprint density at radius 1 is 1.07 bits per heavy atom. The molecule has 3 aromatic rings. The number of amides is 1. The summed E-state index contributed by atoms with van der Waals surface area (Å²) in [6.45, 7) is 0.840. The smallest absolute Gasteiger partial charge is 0.337 e. The number of aromatic nitrogens is 1. The third kappa shape index (κ3) is 5.12. The minimum atomic E-state index is -0.352. The van der Waals surface area contributed by atoms with Gasteiger partial charge in [0.15, 0.2) is 0 Å². The van der Waals surface area contributed by atoms with Crippen LogP contribution in [0, 0.1) is 0 Å². The standard InChI is InChI=1S/C21H21N3O3/c1-27-21(26)17-4-2-3-15(11-17)7-9-23-14-20(25)24-19-6-5-18-13-22-10-8-16(18)12-19/h2-6,8,10-13,23H,7,9,14H2,1H3,(H,24,25). The van der Waals surface area contributed by atoms with Gasteiger partial charge < -0.3 is 15.4 Å². The monoisotopic (exact) mass is 363 g/mol. The summed E-state index contributed by atoms with van der Waals surface area (Å²) in [7, 11) is 1.36. The molecule has 0 saturated carbocycles. The zero-order valence-electron chi connectivity index (χ0n) is 15.1. The summed E-state index contributed by atoms with van der Waals surface area (Å²) in [5.41, 5.74) is 2.29. The van der Waals surface area contributed by atoms with Crippen LogP contribution in [-0.4, -0.2) is 37.1 Å². The van der Waals surface area contributed by atoms with Gasteiger partial charge in [0.2, 0.25) is 5.91 Å². The van der Waals surface area contributed by atoms with Gasteiger partial charge in [0.1, 0.15) is 0 Å². The van der Waals surface area contributed by atoms with Gasteiger partial charge in [0.25, 0.3) is 0 Å². The Morgan fingerprint density at radius 3 is 2.81 bits per heavy atom. The number of hydrogen-bond donors (Lipinski definition) is 2. The fourth-order valence-corrected chi connectivity index (χ4v) is 2.77. The van der Waals surface area contributed by atoms with Gasteiger partial charge in [-0.05, 0) is 54.2 Å². The fourth-order valence-electron chi connectivity index (χ4n) is 2.77. The maximum Gasteiger partial charge on any atom is 0.337 e. The number of pyridine rings is 1. The number of methoxy groups -OCH3 is 1. The van der Waals surface area contributed by atoms with Crippen molar-refractivity contribution in [2.24, 2.45) is 0 Å². The molecule has 0 spiro atoms. The van der Waals surface area contributed by atoms with Crippen molar-refractivity contribution in [2.75, 3.05) is 25.5 Å². The lowest BCUT2D eigenvalue weighted by Gasteiger charge is -2.08. The molecule has 0 aliphatic carbocycles. The first-order chi connectivity index (χ1) is 13.2. The molecule has 27 heavy (non-hydrogen) atoms. The molecule has 0 bridgehead atoms. The second-order valence-electron chi connectivity index (χ2n) is 6.10. The van der Waals surface area contributed by atoms with Crippen LogP contribution in [0.2, 0.25) is 0 Å². The Labute approximate surface area is 157 Å². The highest BCUT2D eigenvalue weighted by atomic mass is 16.5. The lowest BCUT2D eigenvalue weighted by molar-refractivity contribution is -0.115. The molecule has 0 saturated heterocycles. The third-order valence-electron chi connectivity index (χ3n) is 4.15. The van der Waals surface area contributed by atoms with Crippen molar-refractivity contribution in [3.63, 3.8) is 0 Å². The number of nitrogens with one attached hydrogen (secondary N) is 2. The van der Waals surface area contributed by atoms with E-state index in [9.17, 15) is 9.59 Å². The summed E-state index contributed by atoms with van der Waals surface area (Å²) in [5, 5.41) is 8.06. The molecule has 138 valence electrons. The molecule has 1 amide bonds. The van der Waals surface area contributed by atoms with Crippen molar-refractivity contribution in [3.8, 4) is 0 Å². The second-order valence-corrected chi connectivity index (χ2v) is 6.10. The van der Waals surface area contributed by atoms with Crippen LogP contribution in [0.4, 0.5) is 5.69 Å². The molecule has 0 aliphatic rings. The van der Waals surface area contributed by atoms with Gasteiger partial charge in [-0.3, -0.25) is 9.78 Å². The Balaban J connectivity index is 1.46. The van der Waals surface area contributed by atoms with E-state index in [1.807, 2.05) is 36.4 Å². The van der Waals surface area contributed by atoms with Gasteiger partial charge in [-0.2, -0.15) is 0 Å². The van der Waals surface area contributed by atoms with Crippen molar-refractivity contribution in [3.05, 3.63) is 72.1 Å². The number of carbonyl (C=O) groups is 2. The molecule has 6 heteroatoms. The average Bonchev–Trinajstić information content (AvgIpc) is 2.70. The van der Waals surface area contributed by atoms with Crippen LogP contribution < -0.4 is 10.6 Å². The first-order valence-electron chi connectivity index (χ1n) is 8.67. The van der Waals surface area contributed by atoms with Gasteiger partial charge in [0, 0.05) is 23.5 Å². The number of fused-ring (bicyclic) bond motifs is 1. The van der Waals surface area contributed by atoms with Gasteiger partial charge in [-0.1, -0.05) is 18.2 Å². The van der Waals surface area contributed by atoms with Crippen LogP contribution in [0.3, 0.4) is 0 Å². The van der Waals surface area contributed by atoms with Gasteiger partial charge >= 0.3 is 5.97 Å². The maximum absolute atomic E-state index is 12.1. The molecule has 0 radical (unpaired) electrons. The average molecular weight is 363 g/mol. The summed E-state index contributed by atoms with van der Waals surface area (Å²) < 4.78 is 4.72. The van der Waals surface area contributed by atoms with Crippen LogP contribution in [0.15, 0.2) is 60.9 Å². The molecule has 0 unspecified atom stereocenters. The first-order valence-corrected chi connectivity index (χ1v) is 8.67. The Hall–Kier alpha value is -3.25. The van der Waals surface area contributed by atoms with Gasteiger partial charge in [-0.25, -0.2) is 4.79 Å². The zero-order valence-corrected chi connectivity index (χ0v) is 15.1. The van der Waals surface area contributed by atoms with E-state index < -0.39 is 0 Å². The SMILES string of the molecule is COC(=O)c1cccc(CCNCC(=O)Nc2ccc3cnccc3c2)c1. The van der Waals surface area contributed by atoms with Crippen LogP contribution in [-0.2, 0) is 16.0 Å². The van der Waals surface area contributed by atoms with Crippen molar-refractivity contribution in [1.82, 2.24) is 10.3 Å². The first kappa shape index (κ1) is 18.5. The molecule has 3 rings (SSSR count). The van der Waals surface area contributed by atoms with Crippen molar-refractivity contribution in [2.45, 2.75) is 6.42 Å². The second kappa shape index (κ2) is 8.91. The molecule has 6 nitrogen and oxygen atoms in total. The van der Waals surface area contributed by atoms with E-state index in [-0.39, 0.29) is 18.4 Å². The number of esters is 1. The van der Waals surface area contributed by atoms with E-state index >= 15 is 0 Å². The molecule has 0 atom stereocenters. The molecule has 0 fully saturated rings. The lowest BCUT2D eigenvalue weighted by Crippen LogP contribution is -2.29. The summed E-state index contributed by atoms with van der Waals surface area (Å²) in [5.74, 6) is -0.456. The number of carbonyl (C=O) groups excluding carboxylic acids is 2. The van der Waals surface area contributed by atoms with Crippen LogP contribution in [0.1, 0.15) is 15.9 Å². The van der Waals surface area contributed by atoms with Crippen molar-refractivity contribution >= 4 is 28.3 Å². The Kier molecular flexibility index (Phi) is 6.12. The number of anilines is 1. The maximum atomic E-state index is 12.1. The van der Waals surface area contributed by atoms with E-state index in [0.29, 0.717) is 18.5 Å². The third-order valence-corrected chi connectivity index (χ3v) is 4.15. The highest BCUT2D eigenvalue weighted by Gasteiger charge is 2.06. The topological polar surface area (TPSA) is 80.3 Å². The Morgan fingerprint density at radius 2 is 1.96 bits per heavy atom. The van der Waals surface area contributed by atoms with Crippen LogP contribution >= 0.6 is 0 Å². The predicted octanol–water partition coefficient (Wildman–Crippen LogP) is 2.79. The highest BCUT2D eigenvalue weighted by molar-refractivity contribution is 5.95. The summed E-state index contributed by atoms with van der Waals surface area (Å²) in [6, 6.07) is 14.9. The zero-order chi connectivity index (χ0) is 19.1. The van der Waals surface area contributed by atoms with Gasteiger partial charge in [0.05, 0.1) is 19.2 Å². The highest BCUT2D eigenvalue weighted by Crippen LogP contribution is 2.17. The van der Waals surface area contributed by atoms with Crippen LogP contribution in [0.5, 0.6) is 0 Å². The minimum Gasteiger partial charge on any atom is -0.465 e. The molecule has 2 aromatic carbocycles. The van der Waals surface area contributed by atoms with E-state index in [4.69, 9.17) is 4.74 Å². The molecule has 2 N–H and O–H groups in total. The van der Waals surface area contributed by atoms with E-state index in [0.717, 1.165) is 22.0 Å². The Bertz CT molecular complexity index is 956. The molecule has 1 heterocycles. The van der Waals surface area contributed by atoms with Crippen LogP contribution in [0.25, 0.3) is 10.8 Å². The number of hydrogen-bond acceptors (Lipinski definition) is 5.